The third-order valence-corrected chi connectivity index (χ3v) is 2.21. The molecule has 4 heteroatoms. The van der Waals surface area contributed by atoms with Crippen molar-refractivity contribution in [1.29, 1.82) is 0 Å². The van der Waals surface area contributed by atoms with Gasteiger partial charge < -0.3 is 11.1 Å². The molecule has 1 heterocycles. The van der Waals surface area contributed by atoms with E-state index in [2.05, 4.69) is 10.3 Å². The average Bonchev–Trinajstić information content (AvgIpc) is 2.89. The van der Waals surface area contributed by atoms with Gasteiger partial charge in [-0.15, -0.1) is 0 Å². The molecule has 68 valence electrons. The highest BCUT2D eigenvalue weighted by Crippen LogP contribution is 2.23. The Hall–Kier alpha value is -1.16. The van der Waals surface area contributed by atoms with Crippen LogP contribution in [0.2, 0.25) is 0 Å². The summed E-state index contributed by atoms with van der Waals surface area (Å²) >= 11 is 4.87. The molecule has 1 fully saturated rings. The predicted octanol–water partition coefficient (Wildman–Crippen LogP) is 1.29. The van der Waals surface area contributed by atoms with E-state index in [-0.39, 0.29) is 0 Å². The lowest BCUT2D eigenvalue weighted by Gasteiger charge is -2.04. The molecule has 0 saturated heterocycles. The minimum Gasteiger partial charge on any atom is -0.389 e. The van der Waals surface area contributed by atoms with Gasteiger partial charge >= 0.3 is 0 Å². The molecule has 0 aromatic carbocycles. The predicted molar refractivity (Wildman–Crippen MR) is 56.8 cm³/mol. The van der Waals surface area contributed by atoms with E-state index in [0.29, 0.717) is 11.0 Å². The molecule has 0 aliphatic heterocycles. The fourth-order valence-electron chi connectivity index (χ4n) is 1.10. The SMILES string of the molecule is NC(=S)c1ccnc(NC2CC2)c1. The quantitative estimate of drug-likeness (QED) is 0.710. The number of anilines is 1. The van der Waals surface area contributed by atoms with Gasteiger partial charge in [0.25, 0.3) is 0 Å². The zero-order valence-electron chi connectivity index (χ0n) is 7.16. The minimum atomic E-state index is 0.418. The van der Waals surface area contributed by atoms with Crippen LogP contribution in [0, 0.1) is 0 Å². The van der Waals surface area contributed by atoms with Crippen LogP contribution in [0.25, 0.3) is 0 Å². The maximum Gasteiger partial charge on any atom is 0.126 e. The molecular weight excluding hydrogens is 182 g/mol. The summed E-state index contributed by atoms with van der Waals surface area (Å²) in [5.74, 6) is 0.868. The number of rotatable bonds is 3. The molecule has 0 atom stereocenters. The molecule has 0 radical (unpaired) electrons. The summed E-state index contributed by atoms with van der Waals surface area (Å²) in [5.41, 5.74) is 6.37. The first-order valence-corrected chi connectivity index (χ1v) is 4.69. The Labute approximate surface area is 82.4 Å². The highest BCUT2D eigenvalue weighted by Gasteiger charge is 2.21. The van der Waals surface area contributed by atoms with Gasteiger partial charge in [-0.3, -0.25) is 0 Å². The van der Waals surface area contributed by atoms with Crippen LogP contribution in [0.5, 0.6) is 0 Å². The highest BCUT2D eigenvalue weighted by molar-refractivity contribution is 7.80. The minimum absolute atomic E-state index is 0.418. The largest absolute Gasteiger partial charge is 0.389 e. The van der Waals surface area contributed by atoms with Gasteiger partial charge in [-0.25, -0.2) is 4.98 Å². The van der Waals surface area contributed by atoms with Crippen molar-refractivity contribution in [3.8, 4) is 0 Å². The number of hydrogen-bond donors (Lipinski definition) is 2. The Morgan fingerprint density at radius 2 is 2.38 bits per heavy atom. The number of hydrogen-bond acceptors (Lipinski definition) is 3. The summed E-state index contributed by atoms with van der Waals surface area (Å²) in [6, 6.07) is 4.32. The maximum absolute atomic E-state index is 5.50. The zero-order valence-corrected chi connectivity index (χ0v) is 7.97. The molecule has 1 aromatic rings. The van der Waals surface area contributed by atoms with Crippen LogP contribution in [0.4, 0.5) is 5.82 Å². The summed E-state index contributed by atoms with van der Waals surface area (Å²) < 4.78 is 0. The van der Waals surface area contributed by atoms with Crippen molar-refractivity contribution in [3.05, 3.63) is 23.9 Å². The topological polar surface area (TPSA) is 50.9 Å². The van der Waals surface area contributed by atoms with E-state index in [1.54, 1.807) is 6.20 Å². The highest BCUT2D eigenvalue weighted by atomic mass is 32.1. The van der Waals surface area contributed by atoms with Gasteiger partial charge in [-0.2, -0.15) is 0 Å². The first kappa shape index (κ1) is 8.44. The van der Waals surface area contributed by atoms with Crippen molar-refractivity contribution < 1.29 is 0 Å². The lowest BCUT2D eigenvalue weighted by molar-refractivity contribution is 1.11. The second kappa shape index (κ2) is 3.30. The van der Waals surface area contributed by atoms with E-state index >= 15 is 0 Å². The van der Waals surface area contributed by atoms with Crippen molar-refractivity contribution in [2.24, 2.45) is 5.73 Å². The lowest BCUT2D eigenvalue weighted by Crippen LogP contribution is -2.11. The maximum atomic E-state index is 5.50. The van der Waals surface area contributed by atoms with Crippen LogP contribution in [-0.2, 0) is 0 Å². The van der Waals surface area contributed by atoms with E-state index in [4.69, 9.17) is 18.0 Å². The van der Waals surface area contributed by atoms with Gasteiger partial charge in [0, 0.05) is 17.8 Å². The van der Waals surface area contributed by atoms with Gasteiger partial charge in [0.15, 0.2) is 0 Å². The van der Waals surface area contributed by atoms with Gasteiger partial charge in [-0.1, -0.05) is 12.2 Å². The zero-order chi connectivity index (χ0) is 9.26. The summed E-state index contributed by atoms with van der Waals surface area (Å²) in [7, 11) is 0. The van der Waals surface area contributed by atoms with Crippen molar-refractivity contribution in [2.45, 2.75) is 18.9 Å². The summed E-state index contributed by atoms with van der Waals surface area (Å²) in [5, 5.41) is 3.28. The lowest BCUT2D eigenvalue weighted by atomic mass is 10.2. The monoisotopic (exact) mass is 193 g/mol. The number of aromatic nitrogens is 1. The smallest absolute Gasteiger partial charge is 0.126 e. The van der Waals surface area contributed by atoms with Crippen molar-refractivity contribution in [2.75, 3.05) is 5.32 Å². The average molecular weight is 193 g/mol. The Morgan fingerprint density at radius 1 is 1.62 bits per heavy atom. The van der Waals surface area contributed by atoms with E-state index in [9.17, 15) is 0 Å². The molecule has 1 aromatic heterocycles. The van der Waals surface area contributed by atoms with Crippen LogP contribution in [0.3, 0.4) is 0 Å². The Bertz CT molecular complexity index is 333. The van der Waals surface area contributed by atoms with Gasteiger partial charge in [0.1, 0.15) is 10.8 Å². The Morgan fingerprint density at radius 3 is 3.00 bits per heavy atom. The molecule has 13 heavy (non-hydrogen) atoms. The molecule has 0 amide bonds. The van der Waals surface area contributed by atoms with Crippen LogP contribution < -0.4 is 11.1 Å². The number of thiocarbonyl (C=S) groups is 1. The van der Waals surface area contributed by atoms with Gasteiger partial charge in [0.05, 0.1) is 0 Å². The van der Waals surface area contributed by atoms with Crippen LogP contribution >= 0.6 is 12.2 Å². The molecule has 1 aliphatic carbocycles. The number of nitrogens with one attached hydrogen (secondary N) is 1. The number of pyridine rings is 1. The van der Waals surface area contributed by atoms with E-state index in [1.807, 2.05) is 12.1 Å². The Balaban J connectivity index is 2.15. The molecular formula is C9H11N3S. The number of nitrogens with zero attached hydrogens (tertiary/aromatic N) is 1. The third kappa shape index (κ3) is 2.15. The van der Waals surface area contributed by atoms with Crippen molar-refractivity contribution in [1.82, 2.24) is 4.98 Å². The normalized spacial score (nSPS) is 15.4. The fraction of sp³-hybridized carbons (Fsp3) is 0.333. The molecule has 2 rings (SSSR count). The molecule has 0 spiro atoms. The molecule has 1 saturated carbocycles. The summed E-state index contributed by atoms with van der Waals surface area (Å²) in [6.45, 7) is 0. The summed E-state index contributed by atoms with van der Waals surface area (Å²) in [6.07, 6.45) is 4.19. The van der Waals surface area contributed by atoms with E-state index in [1.165, 1.54) is 12.8 Å². The van der Waals surface area contributed by atoms with E-state index < -0.39 is 0 Å². The molecule has 1 aliphatic rings. The van der Waals surface area contributed by atoms with Crippen molar-refractivity contribution >= 4 is 23.0 Å². The van der Waals surface area contributed by atoms with Crippen LogP contribution in [-0.4, -0.2) is 16.0 Å². The molecule has 3 N–H and O–H groups in total. The van der Waals surface area contributed by atoms with Crippen LogP contribution in [0.15, 0.2) is 18.3 Å². The first-order chi connectivity index (χ1) is 6.25. The van der Waals surface area contributed by atoms with E-state index in [0.717, 1.165) is 11.4 Å². The first-order valence-electron chi connectivity index (χ1n) is 4.28. The second-order valence-electron chi connectivity index (χ2n) is 3.21. The van der Waals surface area contributed by atoms with Crippen LogP contribution in [0.1, 0.15) is 18.4 Å². The standard InChI is InChI=1S/C9H11N3S/c10-9(13)6-3-4-11-8(5-6)12-7-1-2-7/h3-5,7H,1-2H2,(H2,10,13)(H,11,12). The molecule has 0 bridgehead atoms. The fourth-order valence-corrected chi connectivity index (χ4v) is 1.23. The summed E-state index contributed by atoms with van der Waals surface area (Å²) in [4.78, 5) is 4.59. The van der Waals surface area contributed by atoms with Gasteiger partial charge in [0.2, 0.25) is 0 Å². The molecule has 0 unspecified atom stereocenters. The third-order valence-electron chi connectivity index (χ3n) is 1.97. The second-order valence-corrected chi connectivity index (χ2v) is 3.65. The number of nitrogens with two attached hydrogens (primary N) is 1. The van der Waals surface area contributed by atoms with Gasteiger partial charge in [-0.05, 0) is 25.0 Å². The molecule has 3 nitrogen and oxygen atoms in total. The van der Waals surface area contributed by atoms with Crippen molar-refractivity contribution in [3.63, 3.8) is 0 Å². The Kier molecular flexibility index (Phi) is 2.14.